The van der Waals surface area contributed by atoms with Gasteiger partial charge >= 0.3 is 0 Å². The van der Waals surface area contributed by atoms with Crippen LogP contribution in [0.1, 0.15) is 19.8 Å². The van der Waals surface area contributed by atoms with Crippen LogP contribution >= 0.6 is 15.9 Å². The van der Waals surface area contributed by atoms with Crippen LogP contribution in [-0.4, -0.2) is 46.8 Å². The second kappa shape index (κ2) is 5.47. The number of hydrogen-bond donors (Lipinski definition) is 1. The molecule has 1 saturated heterocycles. The number of sulfonamides is 1. The molecule has 0 radical (unpaired) electrons. The molecular formula is C10H18BrN5O2S. The van der Waals surface area contributed by atoms with E-state index in [1.165, 1.54) is 8.99 Å². The van der Waals surface area contributed by atoms with Crippen LogP contribution in [-0.2, 0) is 17.1 Å². The normalized spacial score (nSPS) is 20.6. The maximum absolute atomic E-state index is 12.5. The zero-order valence-electron chi connectivity index (χ0n) is 11.0. The van der Waals surface area contributed by atoms with E-state index in [1.54, 1.807) is 7.05 Å². The molecule has 1 aromatic heterocycles. The van der Waals surface area contributed by atoms with E-state index in [0.29, 0.717) is 19.0 Å². The SMILES string of the molecule is CC(N)C1CCN(S(=O)(=O)c2c(Br)nnn2C)CC1. The standard InChI is InChI=1S/C10H18BrN5O2S/c1-7(12)8-3-5-16(6-4-8)19(17,18)10-9(11)13-14-15(10)2/h7-8H,3-6,12H2,1-2H3. The molecule has 0 bridgehead atoms. The van der Waals surface area contributed by atoms with Gasteiger partial charge in [-0.25, -0.2) is 13.1 Å². The highest BCUT2D eigenvalue weighted by molar-refractivity contribution is 9.10. The topological polar surface area (TPSA) is 94.1 Å². The van der Waals surface area contributed by atoms with Crippen LogP contribution < -0.4 is 5.73 Å². The number of halogens is 1. The van der Waals surface area contributed by atoms with Gasteiger partial charge in [-0.1, -0.05) is 5.21 Å². The van der Waals surface area contributed by atoms with Crippen molar-refractivity contribution in [2.45, 2.75) is 30.8 Å². The van der Waals surface area contributed by atoms with Crippen molar-refractivity contribution in [2.75, 3.05) is 13.1 Å². The first-order chi connectivity index (χ1) is 8.84. The van der Waals surface area contributed by atoms with Crippen LogP contribution in [0.25, 0.3) is 0 Å². The first-order valence-electron chi connectivity index (χ1n) is 6.15. The quantitative estimate of drug-likeness (QED) is 0.846. The van der Waals surface area contributed by atoms with Crippen LogP contribution in [0.5, 0.6) is 0 Å². The molecule has 1 atom stereocenters. The molecule has 1 aliphatic heterocycles. The smallest absolute Gasteiger partial charge is 0.263 e. The summed E-state index contributed by atoms with van der Waals surface area (Å²) >= 11 is 3.13. The number of nitrogens with zero attached hydrogens (tertiary/aromatic N) is 4. The van der Waals surface area contributed by atoms with Gasteiger partial charge < -0.3 is 5.73 Å². The molecule has 7 nitrogen and oxygen atoms in total. The lowest BCUT2D eigenvalue weighted by atomic mass is 9.92. The zero-order chi connectivity index (χ0) is 14.2. The molecule has 1 aromatic rings. The Morgan fingerprint density at radius 1 is 1.42 bits per heavy atom. The lowest BCUT2D eigenvalue weighted by molar-refractivity contribution is 0.249. The molecule has 0 saturated carbocycles. The maximum atomic E-state index is 12.5. The molecular weight excluding hydrogens is 334 g/mol. The molecule has 2 heterocycles. The van der Waals surface area contributed by atoms with Gasteiger partial charge in [-0.2, -0.15) is 4.31 Å². The Kier molecular flexibility index (Phi) is 4.29. The molecule has 108 valence electrons. The maximum Gasteiger partial charge on any atom is 0.263 e. The summed E-state index contributed by atoms with van der Waals surface area (Å²) in [6.45, 7) is 2.95. The van der Waals surface area contributed by atoms with Crippen molar-refractivity contribution in [1.82, 2.24) is 19.3 Å². The highest BCUT2D eigenvalue weighted by Crippen LogP contribution is 2.27. The van der Waals surface area contributed by atoms with E-state index in [0.717, 1.165) is 12.8 Å². The molecule has 1 aliphatic rings. The minimum Gasteiger partial charge on any atom is -0.328 e. The number of hydrogen-bond acceptors (Lipinski definition) is 5. The summed E-state index contributed by atoms with van der Waals surface area (Å²) in [5, 5.41) is 7.54. The van der Waals surface area contributed by atoms with E-state index < -0.39 is 10.0 Å². The van der Waals surface area contributed by atoms with Crippen LogP contribution in [0.2, 0.25) is 0 Å². The van der Waals surface area contributed by atoms with Crippen LogP contribution in [0.4, 0.5) is 0 Å². The van der Waals surface area contributed by atoms with Crippen molar-refractivity contribution in [3.8, 4) is 0 Å². The summed E-state index contributed by atoms with van der Waals surface area (Å²) in [5.74, 6) is 0.388. The number of aryl methyl sites for hydroxylation is 1. The monoisotopic (exact) mass is 351 g/mol. The van der Waals surface area contributed by atoms with Gasteiger partial charge in [0, 0.05) is 26.2 Å². The molecule has 0 aliphatic carbocycles. The van der Waals surface area contributed by atoms with Crippen LogP contribution in [0.3, 0.4) is 0 Å². The van der Waals surface area contributed by atoms with Gasteiger partial charge in [0.15, 0.2) is 4.60 Å². The molecule has 19 heavy (non-hydrogen) atoms. The summed E-state index contributed by atoms with van der Waals surface area (Å²) in [5.41, 5.74) is 5.86. The Bertz CT molecular complexity index is 529. The van der Waals surface area contributed by atoms with Gasteiger partial charge in [0.25, 0.3) is 10.0 Å². The van der Waals surface area contributed by atoms with E-state index >= 15 is 0 Å². The van der Waals surface area contributed by atoms with Gasteiger partial charge in [-0.15, -0.1) is 5.10 Å². The lowest BCUT2D eigenvalue weighted by Gasteiger charge is -2.32. The Hall–Kier alpha value is -0.510. The van der Waals surface area contributed by atoms with Crippen molar-refractivity contribution in [1.29, 1.82) is 0 Å². The third-order valence-corrected chi connectivity index (χ3v) is 6.35. The fourth-order valence-corrected chi connectivity index (χ4v) is 4.86. The number of rotatable bonds is 3. The molecule has 1 fully saturated rings. The second-order valence-corrected chi connectivity index (χ2v) is 7.51. The van der Waals surface area contributed by atoms with Crippen LogP contribution in [0, 0.1) is 5.92 Å². The van der Waals surface area contributed by atoms with E-state index in [4.69, 9.17) is 5.73 Å². The largest absolute Gasteiger partial charge is 0.328 e. The molecule has 1 unspecified atom stereocenters. The Balaban J connectivity index is 2.19. The van der Waals surface area contributed by atoms with Gasteiger partial charge in [0.2, 0.25) is 5.03 Å². The van der Waals surface area contributed by atoms with Crippen molar-refractivity contribution < 1.29 is 8.42 Å². The Morgan fingerprint density at radius 2 is 2.00 bits per heavy atom. The number of aromatic nitrogens is 3. The second-order valence-electron chi connectivity index (χ2n) is 4.91. The average molecular weight is 352 g/mol. The third kappa shape index (κ3) is 2.83. The van der Waals surface area contributed by atoms with Crippen molar-refractivity contribution >= 4 is 26.0 Å². The van der Waals surface area contributed by atoms with Crippen molar-refractivity contribution in [2.24, 2.45) is 18.7 Å². The van der Waals surface area contributed by atoms with E-state index in [-0.39, 0.29) is 15.7 Å². The number of nitrogens with two attached hydrogens (primary N) is 1. The van der Waals surface area contributed by atoms with Crippen LogP contribution in [0.15, 0.2) is 9.63 Å². The van der Waals surface area contributed by atoms with Crippen molar-refractivity contribution in [3.63, 3.8) is 0 Å². The van der Waals surface area contributed by atoms with E-state index in [1.807, 2.05) is 6.92 Å². The Labute approximate surface area is 121 Å². The minimum absolute atomic E-state index is 0.103. The van der Waals surface area contributed by atoms with Gasteiger partial charge in [-0.3, -0.25) is 0 Å². The van der Waals surface area contributed by atoms with Gasteiger partial charge in [0.1, 0.15) is 0 Å². The predicted octanol–water partition coefficient (Wildman–Crippen LogP) is 0.326. The van der Waals surface area contributed by atoms with Gasteiger partial charge in [-0.05, 0) is 41.6 Å². The minimum atomic E-state index is -3.55. The predicted molar refractivity (Wildman–Crippen MR) is 73.8 cm³/mol. The summed E-state index contributed by atoms with van der Waals surface area (Å²) in [6, 6.07) is 0.106. The fraction of sp³-hybridized carbons (Fsp3) is 0.800. The first-order valence-corrected chi connectivity index (χ1v) is 8.38. The van der Waals surface area contributed by atoms with E-state index in [9.17, 15) is 8.42 Å². The number of piperidine rings is 1. The highest BCUT2D eigenvalue weighted by Gasteiger charge is 2.34. The highest BCUT2D eigenvalue weighted by atomic mass is 79.9. The third-order valence-electron chi connectivity index (χ3n) is 3.56. The summed E-state index contributed by atoms with van der Waals surface area (Å²) in [6.07, 6.45) is 1.58. The first kappa shape index (κ1) is 14.9. The molecule has 2 N–H and O–H groups in total. The molecule has 0 amide bonds. The average Bonchev–Trinajstić information content (AvgIpc) is 2.69. The van der Waals surface area contributed by atoms with Crippen molar-refractivity contribution in [3.05, 3.63) is 4.60 Å². The summed E-state index contributed by atoms with van der Waals surface area (Å²) < 4.78 is 28.1. The fourth-order valence-electron chi connectivity index (χ4n) is 2.36. The summed E-state index contributed by atoms with van der Waals surface area (Å²) in [7, 11) is -1.98. The van der Waals surface area contributed by atoms with Gasteiger partial charge in [0.05, 0.1) is 0 Å². The Morgan fingerprint density at radius 3 is 2.42 bits per heavy atom. The molecule has 9 heteroatoms. The lowest BCUT2D eigenvalue weighted by Crippen LogP contribution is -2.43. The molecule has 2 rings (SSSR count). The zero-order valence-corrected chi connectivity index (χ0v) is 13.4. The molecule has 0 aromatic carbocycles. The summed E-state index contributed by atoms with van der Waals surface area (Å²) in [4.78, 5) is 0. The van der Waals surface area contributed by atoms with E-state index in [2.05, 4.69) is 26.2 Å². The molecule has 0 spiro atoms.